The van der Waals surface area contributed by atoms with Crippen LogP contribution in [0.3, 0.4) is 0 Å². The normalized spacial score (nSPS) is 22.3. The second-order valence-electron chi connectivity index (χ2n) is 3.22. The number of anilines is 1. The summed E-state index contributed by atoms with van der Waals surface area (Å²) in [5, 5.41) is 9.96. The minimum absolute atomic E-state index is 0.211. The monoisotopic (exact) mass is 198 g/mol. The molecule has 0 spiro atoms. The van der Waals surface area contributed by atoms with Crippen LogP contribution in [-0.4, -0.2) is 29.3 Å². The van der Waals surface area contributed by atoms with Gasteiger partial charge in [0.2, 0.25) is 0 Å². The first-order valence-corrected chi connectivity index (χ1v) is 4.68. The maximum Gasteiger partial charge on any atom is 0.128 e. The first-order valence-electron chi connectivity index (χ1n) is 4.30. The summed E-state index contributed by atoms with van der Waals surface area (Å²) in [5.41, 5.74) is 0. The van der Waals surface area contributed by atoms with Crippen LogP contribution in [0.25, 0.3) is 0 Å². The number of hydrogen-bond acceptors (Lipinski definition) is 3. The number of nitrogens with zero attached hydrogens (tertiary/aromatic N) is 2. The predicted molar refractivity (Wildman–Crippen MR) is 52.1 cm³/mol. The minimum atomic E-state index is -0.211. The Hall–Kier alpha value is -0.800. The lowest BCUT2D eigenvalue weighted by Gasteiger charge is -2.15. The largest absolute Gasteiger partial charge is 0.391 e. The van der Waals surface area contributed by atoms with E-state index in [2.05, 4.69) is 9.88 Å². The Kier molecular flexibility index (Phi) is 2.38. The third kappa shape index (κ3) is 1.92. The number of hydrogen-bond donors (Lipinski definition) is 1. The Labute approximate surface area is 82.0 Å². The third-order valence-corrected chi connectivity index (χ3v) is 2.42. The highest BCUT2D eigenvalue weighted by Gasteiger charge is 2.20. The molecule has 0 unspecified atom stereocenters. The van der Waals surface area contributed by atoms with Gasteiger partial charge >= 0.3 is 0 Å². The van der Waals surface area contributed by atoms with Gasteiger partial charge < -0.3 is 10.0 Å². The van der Waals surface area contributed by atoms with Crippen molar-refractivity contribution in [1.82, 2.24) is 4.98 Å². The first-order chi connectivity index (χ1) is 6.25. The molecule has 0 saturated carbocycles. The van der Waals surface area contributed by atoms with Gasteiger partial charge in [-0.25, -0.2) is 4.98 Å². The Bertz CT molecular complexity index is 288. The average Bonchev–Trinajstić information content (AvgIpc) is 2.53. The summed E-state index contributed by atoms with van der Waals surface area (Å²) in [6.45, 7) is 1.55. The topological polar surface area (TPSA) is 36.4 Å². The standard InChI is InChI=1S/C9H11ClN2O/c10-7-1-2-9(11-5-7)12-4-3-8(13)6-12/h1-2,5,8,13H,3-4,6H2/t8-/m1/s1. The van der Waals surface area contributed by atoms with Crippen LogP contribution in [0, 0.1) is 0 Å². The first kappa shape index (κ1) is 8.78. The van der Waals surface area contributed by atoms with Crippen molar-refractivity contribution in [3.05, 3.63) is 23.4 Å². The van der Waals surface area contributed by atoms with Crippen LogP contribution in [0.15, 0.2) is 18.3 Å². The van der Waals surface area contributed by atoms with Gasteiger partial charge in [0.15, 0.2) is 0 Å². The van der Waals surface area contributed by atoms with Crippen molar-refractivity contribution < 1.29 is 5.11 Å². The van der Waals surface area contributed by atoms with E-state index in [1.54, 1.807) is 6.20 Å². The molecule has 0 aromatic carbocycles. The Morgan fingerprint density at radius 1 is 1.54 bits per heavy atom. The zero-order chi connectivity index (χ0) is 9.26. The average molecular weight is 199 g/mol. The van der Waals surface area contributed by atoms with E-state index in [1.165, 1.54) is 0 Å². The van der Waals surface area contributed by atoms with Gasteiger partial charge in [0.1, 0.15) is 5.82 Å². The summed E-state index contributed by atoms with van der Waals surface area (Å²) < 4.78 is 0. The smallest absolute Gasteiger partial charge is 0.128 e. The number of aromatic nitrogens is 1. The van der Waals surface area contributed by atoms with Crippen molar-refractivity contribution in [2.75, 3.05) is 18.0 Å². The van der Waals surface area contributed by atoms with Gasteiger partial charge in [-0.05, 0) is 18.6 Å². The van der Waals surface area contributed by atoms with E-state index in [0.29, 0.717) is 11.6 Å². The van der Waals surface area contributed by atoms with E-state index in [4.69, 9.17) is 11.6 Å². The minimum Gasteiger partial charge on any atom is -0.391 e. The molecule has 2 heterocycles. The molecule has 1 saturated heterocycles. The molecule has 1 aromatic rings. The van der Waals surface area contributed by atoms with Crippen LogP contribution < -0.4 is 4.90 Å². The molecule has 2 rings (SSSR count). The molecule has 1 aromatic heterocycles. The quantitative estimate of drug-likeness (QED) is 0.739. The number of β-amino-alcohol motifs (C(OH)–C–C–N with tert-alkyl or cyclic N) is 1. The van der Waals surface area contributed by atoms with Crippen LogP contribution in [0.4, 0.5) is 5.82 Å². The molecule has 70 valence electrons. The molecule has 0 radical (unpaired) electrons. The molecule has 1 atom stereocenters. The molecule has 0 bridgehead atoms. The van der Waals surface area contributed by atoms with Gasteiger partial charge in [0.25, 0.3) is 0 Å². The summed E-state index contributed by atoms with van der Waals surface area (Å²) in [4.78, 5) is 6.23. The lowest BCUT2D eigenvalue weighted by molar-refractivity contribution is 0.198. The second-order valence-corrected chi connectivity index (χ2v) is 3.66. The fourth-order valence-electron chi connectivity index (χ4n) is 1.50. The van der Waals surface area contributed by atoms with E-state index < -0.39 is 0 Å². The molecular weight excluding hydrogens is 188 g/mol. The Balaban J connectivity index is 2.13. The highest BCUT2D eigenvalue weighted by Crippen LogP contribution is 2.19. The number of aliphatic hydroxyl groups is 1. The summed E-state index contributed by atoms with van der Waals surface area (Å²) in [5.74, 6) is 0.890. The van der Waals surface area contributed by atoms with Crippen LogP contribution in [0.5, 0.6) is 0 Å². The highest BCUT2D eigenvalue weighted by molar-refractivity contribution is 6.30. The van der Waals surface area contributed by atoms with Crippen molar-refractivity contribution in [3.8, 4) is 0 Å². The fourth-order valence-corrected chi connectivity index (χ4v) is 1.62. The molecule has 13 heavy (non-hydrogen) atoms. The van der Waals surface area contributed by atoms with E-state index >= 15 is 0 Å². The van der Waals surface area contributed by atoms with Crippen LogP contribution >= 0.6 is 11.6 Å². The Morgan fingerprint density at radius 2 is 2.38 bits per heavy atom. The highest BCUT2D eigenvalue weighted by atomic mass is 35.5. The van der Waals surface area contributed by atoms with Crippen LogP contribution in [0.1, 0.15) is 6.42 Å². The van der Waals surface area contributed by atoms with Gasteiger partial charge in [-0.1, -0.05) is 11.6 Å². The summed E-state index contributed by atoms with van der Waals surface area (Å²) >= 11 is 5.72. The maximum atomic E-state index is 9.32. The van der Waals surface area contributed by atoms with Crippen molar-refractivity contribution in [1.29, 1.82) is 0 Å². The van der Waals surface area contributed by atoms with Gasteiger partial charge in [-0.3, -0.25) is 0 Å². The van der Waals surface area contributed by atoms with Crippen molar-refractivity contribution in [2.45, 2.75) is 12.5 Å². The number of aliphatic hydroxyl groups excluding tert-OH is 1. The second kappa shape index (κ2) is 3.52. The van der Waals surface area contributed by atoms with Gasteiger partial charge in [-0.2, -0.15) is 0 Å². The van der Waals surface area contributed by atoms with E-state index in [-0.39, 0.29) is 6.10 Å². The van der Waals surface area contributed by atoms with Crippen molar-refractivity contribution in [2.24, 2.45) is 0 Å². The molecule has 1 fully saturated rings. The molecule has 4 heteroatoms. The van der Waals surface area contributed by atoms with Gasteiger partial charge in [-0.15, -0.1) is 0 Å². The van der Waals surface area contributed by atoms with Crippen LogP contribution in [0.2, 0.25) is 5.02 Å². The number of pyridine rings is 1. The summed E-state index contributed by atoms with van der Waals surface area (Å²) in [7, 11) is 0. The van der Waals surface area contributed by atoms with Crippen molar-refractivity contribution >= 4 is 17.4 Å². The zero-order valence-electron chi connectivity index (χ0n) is 7.15. The molecular formula is C9H11ClN2O. The molecule has 1 N–H and O–H groups in total. The zero-order valence-corrected chi connectivity index (χ0v) is 7.91. The van der Waals surface area contributed by atoms with E-state index in [0.717, 1.165) is 18.8 Å². The third-order valence-electron chi connectivity index (χ3n) is 2.20. The van der Waals surface area contributed by atoms with E-state index in [9.17, 15) is 5.11 Å². The molecule has 3 nitrogen and oxygen atoms in total. The van der Waals surface area contributed by atoms with Crippen molar-refractivity contribution in [3.63, 3.8) is 0 Å². The van der Waals surface area contributed by atoms with Gasteiger partial charge in [0, 0.05) is 19.3 Å². The summed E-state index contributed by atoms with van der Waals surface area (Å²) in [6.07, 6.45) is 2.24. The SMILES string of the molecule is O[C@@H]1CCN(c2ccc(Cl)cn2)C1. The Morgan fingerprint density at radius 3 is 2.92 bits per heavy atom. The predicted octanol–water partition coefficient (Wildman–Crippen LogP) is 1.31. The lowest BCUT2D eigenvalue weighted by atomic mass is 10.3. The number of rotatable bonds is 1. The molecule has 0 aliphatic carbocycles. The fraction of sp³-hybridized carbons (Fsp3) is 0.444. The van der Waals surface area contributed by atoms with E-state index in [1.807, 2.05) is 12.1 Å². The van der Waals surface area contributed by atoms with Crippen LogP contribution in [-0.2, 0) is 0 Å². The summed E-state index contributed by atoms with van der Waals surface area (Å²) in [6, 6.07) is 3.69. The lowest BCUT2D eigenvalue weighted by Crippen LogP contribution is -2.21. The molecule has 1 aliphatic rings. The molecule has 1 aliphatic heterocycles. The number of halogens is 1. The molecule has 0 amide bonds. The maximum absolute atomic E-state index is 9.32. The van der Waals surface area contributed by atoms with Gasteiger partial charge in [0.05, 0.1) is 11.1 Å².